The largest absolute Gasteiger partial charge is 0.480 e. The van der Waals surface area contributed by atoms with Crippen molar-refractivity contribution in [2.75, 3.05) is 32.9 Å². The van der Waals surface area contributed by atoms with E-state index < -0.39 is 50.1 Å². The third-order valence-electron chi connectivity index (χ3n) is 7.27. The number of halogens is 3. The lowest BCUT2D eigenvalue weighted by molar-refractivity contribution is -0.155. The second-order valence-electron chi connectivity index (χ2n) is 10.2. The standard InChI is InChI=1S/C26H28F3N3O8S2/c27-26(28,29)21-14-19(30-40-21)20-6-7-22(41-20)42(36,37)31-25(23(33)34)15-18(25)17-5-1-3-16(13-17)4-2-10-39-24(35)32-8-11-38-12-9-32/h1,3,5-6,13-14,18,22,31H,2,4,7-12,15H2,(H,33,34). The predicted molar refractivity (Wildman–Crippen MR) is 144 cm³/mol. The molecule has 1 aromatic carbocycles. The van der Waals surface area contributed by atoms with Gasteiger partial charge in [-0.2, -0.15) is 17.9 Å². The SMILES string of the molecule is O=C(OCCCc1cccc(C2CC2(NS(=O)(=O)C2CC=C(c3cc(C(F)(F)F)on3)S2)C(=O)O)c1)N1CCOCC1. The molecular weight excluding hydrogens is 603 g/mol. The van der Waals surface area contributed by atoms with E-state index in [1.54, 1.807) is 17.0 Å². The molecule has 16 heteroatoms. The summed E-state index contributed by atoms with van der Waals surface area (Å²) in [6.45, 7) is 2.13. The van der Waals surface area contributed by atoms with Gasteiger partial charge in [-0.25, -0.2) is 13.2 Å². The topological polar surface area (TPSA) is 148 Å². The molecule has 1 saturated carbocycles. The van der Waals surface area contributed by atoms with Crippen LogP contribution in [0.25, 0.3) is 4.91 Å². The number of rotatable bonds is 10. The Morgan fingerprint density at radius 3 is 2.69 bits per heavy atom. The van der Waals surface area contributed by atoms with E-state index in [0.717, 1.165) is 17.3 Å². The molecule has 42 heavy (non-hydrogen) atoms. The molecule has 228 valence electrons. The number of carboxylic acid groups (broad SMARTS) is 1. The Morgan fingerprint density at radius 1 is 1.24 bits per heavy atom. The molecule has 2 aromatic rings. The molecule has 3 heterocycles. The molecule has 0 spiro atoms. The zero-order chi connectivity index (χ0) is 30.1. The van der Waals surface area contributed by atoms with Crippen LogP contribution in [0.5, 0.6) is 0 Å². The van der Waals surface area contributed by atoms with Gasteiger partial charge in [-0.15, -0.1) is 11.8 Å². The van der Waals surface area contributed by atoms with Gasteiger partial charge in [0.1, 0.15) is 15.8 Å². The Bertz CT molecular complexity index is 1470. The van der Waals surface area contributed by atoms with Gasteiger partial charge in [0, 0.05) is 30.0 Å². The highest BCUT2D eigenvalue weighted by Crippen LogP contribution is 2.53. The maximum absolute atomic E-state index is 13.2. The number of carbonyl (C=O) groups excluding carboxylic acids is 1. The number of carboxylic acids is 1. The molecule has 3 aliphatic rings. The number of amides is 1. The fourth-order valence-corrected chi connectivity index (χ4v) is 8.09. The predicted octanol–water partition coefficient (Wildman–Crippen LogP) is 3.83. The number of sulfonamides is 1. The van der Waals surface area contributed by atoms with E-state index >= 15 is 0 Å². The van der Waals surface area contributed by atoms with Crippen molar-refractivity contribution in [2.45, 2.75) is 47.9 Å². The number of allylic oxidation sites excluding steroid dienone is 1. The molecule has 1 aromatic heterocycles. The van der Waals surface area contributed by atoms with Crippen molar-refractivity contribution in [2.24, 2.45) is 0 Å². The Kier molecular flexibility index (Phi) is 8.60. The molecule has 0 radical (unpaired) electrons. The number of alkyl halides is 3. The van der Waals surface area contributed by atoms with E-state index in [1.807, 2.05) is 12.1 Å². The van der Waals surface area contributed by atoms with Crippen molar-refractivity contribution < 1.29 is 50.3 Å². The fraction of sp³-hybridized carbons (Fsp3) is 0.500. The minimum atomic E-state index is -4.73. The fourth-order valence-electron chi connectivity index (χ4n) is 4.94. The van der Waals surface area contributed by atoms with Gasteiger partial charge in [0.15, 0.2) is 0 Å². The van der Waals surface area contributed by atoms with Crippen LogP contribution in [0.15, 0.2) is 40.9 Å². The molecule has 5 rings (SSSR count). The second-order valence-corrected chi connectivity index (χ2v) is 13.6. The lowest BCUT2D eigenvalue weighted by Gasteiger charge is -2.25. The van der Waals surface area contributed by atoms with Crippen molar-refractivity contribution >= 4 is 38.8 Å². The van der Waals surface area contributed by atoms with Gasteiger partial charge in [-0.1, -0.05) is 35.5 Å². The smallest absolute Gasteiger partial charge is 0.452 e. The zero-order valence-corrected chi connectivity index (χ0v) is 23.8. The Balaban J connectivity index is 1.17. The zero-order valence-electron chi connectivity index (χ0n) is 22.1. The van der Waals surface area contributed by atoms with Gasteiger partial charge in [-0.05, 0) is 36.8 Å². The summed E-state index contributed by atoms with van der Waals surface area (Å²) in [5.41, 5.74) is -0.348. The van der Waals surface area contributed by atoms with E-state index in [9.17, 15) is 36.3 Å². The molecule has 1 saturated heterocycles. The van der Waals surface area contributed by atoms with Gasteiger partial charge >= 0.3 is 18.2 Å². The van der Waals surface area contributed by atoms with E-state index in [2.05, 4.69) is 14.4 Å². The second kappa shape index (κ2) is 11.9. The Morgan fingerprint density at radius 2 is 2.00 bits per heavy atom. The molecule has 2 fully saturated rings. The first-order valence-electron chi connectivity index (χ1n) is 13.1. The highest BCUT2D eigenvalue weighted by atomic mass is 32.3. The number of carbonyl (C=O) groups is 2. The normalized spacial score (nSPS) is 24.4. The highest BCUT2D eigenvalue weighted by Gasteiger charge is 2.64. The minimum absolute atomic E-state index is 0.0398. The number of thioether (sulfide) groups is 1. The number of nitrogens with zero attached hydrogens (tertiary/aromatic N) is 2. The number of aliphatic carboxylic acids is 1. The average Bonchev–Trinajstić information content (AvgIpc) is 3.29. The van der Waals surface area contributed by atoms with E-state index in [1.165, 1.54) is 6.08 Å². The van der Waals surface area contributed by atoms with Crippen molar-refractivity contribution in [1.82, 2.24) is 14.8 Å². The Hall–Kier alpha value is -3.08. The van der Waals surface area contributed by atoms with Crippen molar-refractivity contribution in [3.63, 3.8) is 0 Å². The first kappa shape index (κ1) is 30.4. The van der Waals surface area contributed by atoms with Crippen LogP contribution in [-0.2, 0) is 36.9 Å². The van der Waals surface area contributed by atoms with Crippen LogP contribution in [0.4, 0.5) is 18.0 Å². The van der Waals surface area contributed by atoms with Crippen LogP contribution in [-0.4, -0.2) is 78.7 Å². The van der Waals surface area contributed by atoms with Gasteiger partial charge < -0.3 is 24.0 Å². The molecule has 1 amide bonds. The molecule has 2 N–H and O–H groups in total. The van der Waals surface area contributed by atoms with Crippen molar-refractivity contribution in [3.8, 4) is 0 Å². The van der Waals surface area contributed by atoms with Crippen molar-refractivity contribution in [1.29, 1.82) is 0 Å². The molecule has 1 aliphatic carbocycles. The summed E-state index contributed by atoms with van der Waals surface area (Å²) < 4.78 is 81.1. The van der Waals surface area contributed by atoms with Gasteiger partial charge in [0.25, 0.3) is 0 Å². The number of aromatic nitrogens is 1. The minimum Gasteiger partial charge on any atom is -0.480 e. The summed E-state index contributed by atoms with van der Waals surface area (Å²) >= 11 is 0.779. The number of nitrogens with one attached hydrogen (secondary N) is 1. The third kappa shape index (κ3) is 6.61. The maximum Gasteiger partial charge on any atom is 0.452 e. The number of ether oxygens (including phenoxy) is 2. The van der Waals surface area contributed by atoms with Crippen molar-refractivity contribution in [3.05, 3.63) is 59.0 Å². The first-order chi connectivity index (χ1) is 19.9. The molecule has 3 atom stereocenters. The molecule has 2 aliphatic heterocycles. The number of benzene rings is 1. The summed E-state index contributed by atoms with van der Waals surface area (Å²) in [7, 11) is -4.21. The van der Waals surface area contributed by atoms with Gasteiger partial charge in [0.05, 0.1) is 19.8 Å². The van der Waals surface area contributed by atoms with E-state index in [-0.39, 0.29) is 30.0 Å². The van der Waals surface area contributed by atoms with Crippen LogP contribution in [0, 0.1) is 0 Å². The van der Waals surface area contributed by atoms with Gasteiger partial charge in [-0.3, -0.25) is 4.79 Å². The maximum atomic E-state index is 13.2. The lowest BCUT2D eigenvalue weighted by Crippen LogP contribution is -2.47. The van der Waals surface area contributed by atoms with Crippen LogP contribution in [0.1, 0.15) is 47.8 Å². The summed E-state index contributed by atoms with van der Waals surface area (Å²) in [6.07, 6.45) is -2.58. The quantitative estimate of drug-likeness (QED) is 0.371. The lowest BCUT2D eigenvalue weighted by atomic mass is 10.0. The molecule has 11 nitrogen and oxygen atoms in total. The summed E-state index contributed by atoms with van der Waals surface area (Å²) in [5.74, 6) is -3.24. The number of hydrogen-bond acceptors (Lipinski definition) is 9. The molecule has 3 unspecified atom stereocenters. The highest BCUT2D eigenvalue weighted by molar-refractivity contribution is 8.18. The summed E-state index contributed by atoms with van der Waals surface area (Å²) in [5, 5.41) is 13.4. The van der Waals surface area contributed by atoms with Crippen LogP contribution in [0.2, 0.25) is 0 Å². The number of aryl methyl sites for hydroxylation is 1. The van der Waals surface area contributed by atoms with Crippen LogP contribution >= 0.6 is 11.8 Å². The first-order valence-corrected chi connectivity index (χ1v) is 15.6. The van der Waals surface area contributed by atoms with Crippen LogP contribution in [0.3, 0.4) is 0 Å². The van der Waals surface area contributed by atoms with Gasteiger partial charge in [0.2, 0.25) is 15.8 Å². The molecule has 0 bridgehead atoms. The molecular formula is C26H28F3N3O8S2. The van der Waals surface area contributed by atoms with E-state index in [4.69, 9.17) is 9.47 Å². The number of hydrogen-bond donors (Lipinski definition) is 2. The van der Waals surface area contributed by atoms with E-state index in [0.29, 0.717) is 50.8 Å². The Labute approximate surface area is 243 Å². The monoisotopic (exact) mass is 631 g/mol. The van der Waals surface area contributed by atoms with Crippen LogP contribution < -0.4 is 4.72 Å². The number of morpholine rings is 1. The summed E-state index contributed by atoms with van der Waals surface area (Å²) in [6, 6.07) is 7.87. The summed E-state index contributed by atoms with van der Waals surface area (Å²) in [4.78, 5) is 26.2. The third-order valence-corrected chi connectivity index (χ3v) is 10.9. The average molecular weight is 632 g/mol.